The minimum atomic E-state index is -1.02. The van der Waals surface area contributed by atoms with Crippen molar-refractivity contribution in [3.8, 4) is 0 Å². The summed E-state index contributed by atoms with van der Waals surface area (Å²) in [5.74, 6) is 0.0487. The lowest BCUT2D eigenvalue weighted by molar-refractivity contribution is -0.148. The summed E-state index contributed by atoms with van der Waals surface area (Å²) in [7, 11) is 0. The lowest BCUT2D eigenvalue weighted by atomic mass is 10.1. The van der Waals surface area contributed by atoms with E-state index in [4.69, 9.17) is 9.84 Å². The van der Waals surface area contributed by atoms with E-state index in [1.165, 1.54) is 0 Å². The van der Waals surface area contributed by atoms with Crippen LogP contribution in [-0.2, 0) is 16.1 Å². The molecule has 0 radical (unpaired) electrons. The Balaban J connectivity index is 1.57. The first kappa shape index (κ1) is 20.6. The van der Waals surface area contributed by atoms with E-state index in [0.29, 0.717) is 32.7 Å². The zero-order valence-corrected chi connectivity index (χ0v) is 17.2. The molecule has 4 rings (SSSR count). The van der Waals surface area contributed by atoms with Crippen molar-refractivity contribution < 1.29 is 19.4 Å². The second-order valence-electron chi connectivity index (χ2n) is 7.95. The molecule has 2 aromatic rings. The zero-order valence-electron chi connectivity index (χ0n) is 17.2. The molecule has 0 spiro atoms. The number of fused-ring (bicyclic) bond motifs is 1. The van der Waals surface area contributed by atoms with Gasteiger partial charge in [-0.1, -0.05) is 0 Å². The van der Waals surface area contributed by atoms with Crippen molar-refractivity contribution in [2.45, 2.75) is 50.9 Å². The Morgan fingerprint density at radius 3 is 3.00 bits per heavy atom. The normalized spacial score (nSPS) is 20.1. The number of carbonyl (C=O) groups excluding carboxylic acids is 1. The Kier molecular flexibility index (Phi) is 6.19. The van der Waals surface area contributed by atoms with Crippen LogP contribution < -0.4 is 10.6 Å². The Bertz CT molecular complexity index is 904. The molecule has 1 saturated carbocycles. The second-order valence-corrected chi connectivity index (χ2v) is 7.95. The van der Waals surface area contributed by atoms with Crippen molar-refractivity contribution in [3.05, 3.63) is 30.1 Å². The Hall–Kier alpha value is -2.65. The first-order chi connectivity index (χ1) is 14.6. The summed E-state index contributed by atoms with van der Waals surface area (Å²) in [6.07, 6.45) is 5.07. The molecular formula is C21H29N5O4. The number of amides is 2. The number of morpholine rings is 1. The SMILES string of the molecule is C[C@@H](c1cn(CCCNC(=O)O)c2ncccc12)N(C(=O)[C@H]1CNCCO1)C1CC1. The quantitative estimate of drug-likeness (QED) is 0.567. The molecule has 2 amide bonds. The maximum absolute atomic E-state index is 13.3. The molecule has 2 fully saturated rings. The van der Waals surface area contributed by atoms with Gasteiger partial charge in [-0.3, -0.25) is 4.79 Å². The molecule has 9 nitrogen and oxygen atoms in total. The van der Waals surface area contributed by atoms with Crippen LogP contribution in [0.3, 0.4) is 0 Å². The molecule has 1 aliphatic heterocycles. The van der Waals surface area contributed by atoms with Gasteiger partial charge in [0.05, 0.1) is 12.6 Å². The number of aromatic nitrogens is 2. The maximum atomic E-state index is 13.3. The van der Waals surface area contributed by atoms with Crippen molar-refractivity contribution in [1.82, 2.24) is 25.1 Å². The molecule has 1 saturated heterocycles. The standard InChI is InChI=1S/C21H29N5O4/c1-14(26(15-5-6-15)20(27)18-12-22-9-11-30-18)17-13-25(10-3-8-24-21(28)29)19-16(17)4-2-7-23-19/h2,4,7,13-15,18,22,24H,3,5-6,8-12H2,1H3,(H,28,29)/t14-,18+/m0/s1. The van der Waals surface area contributed by atoms with E-state index in [1.54, 1.807) is 6.20 Å². The summed E-state index contributed by atoms with van der Waals surface area (Å²) in [6, 6.07) is 4.11. The number of hydrogen-bond donors (Lipinski definition) is 3. The van der Waals surface area contributed by atoms with Gasteiger partial charge in [0.15, 0.2) is 0 Å². The highest BCUT2D eigenvalue weighted by atomic mass is 16.5. The van der Waals surface area contributed by atoms with E-state index in [0.717, 1.165) is 36.0 Å². The van der Waals surface area contributed by atoms with Crippen LogP contribution in [0.2, 0.25) is 0 Å². The van der Waals surface area contributed by atoms with Gasteiger partial charge in [-0.25, -0.2) is 9.78 Å². The largest absolute Gasteiger partial charge is 0.465 e. The number of carboxylic acid groups (broad SMARTS) is 1. The van der Waals surface area contributed by atoms with E-state index in [-0.39, 0.29) is 18.0 Å². The number of nitrogens with zero attached hydrogens (tertiary/aromatic N) is 3. The first-order valence-electron chi connectivity index (χ1n) is 10.6. The van der Waals surface area contributed by atoms with Crippen molar-refractivity contribution in [2.24, 2.45) is 0 Å². The number of nitrogens with one attached hydrogen (secondary N) is 2. The number of carbonyl (C=O) groups is 2. The van der Waals surface area contributed by atoms with Crippen molar-refractivity contribution in [1.29, 1.82) is 0 Å². The maximum Gasteiger partial charge on any atom is 0.404 e. The van der Waals surface area contributed by atoms with E-state index in [9.17, 15) is 9.59 Å². The fraction of sp³-hybridized carbons (Fsp3) is 0.571. The summed E-state index contributed by atoms with van der Waals surface area (Å²) >= 11 is 0. The van der Waals surface area contributed by atoms with Gasteiger partial charge in [-0.05, 0) is 38.3 Å². The smallest absolute Gasteiger partial charge is 0.404 e. The van der Waals surface area contributed by atoms with Crippen LogP contribution in [-0.4, -0.2) is 69.9 Å². The summed E-state index contributed by atoms with van der Waals surface area (Å²) in [5, 5.41) is 15.4. The van der Waals surface area contributed by atoms with Crippen molar-refractivity contribution in [3.63, 3.8) is 0 Å². The van der Waals surface area contributed by atoms with Crippen LogP contribution >= 0.6 is 0 Å². The van der Waals surface area contributed by atoms with Gasteiger partial charge < -0.3 is 29.9 Å². The van der Waals surface area contributed by atoms with Gasteiger partial charge in [-0.2, -0.15) is 0 Å². The van der Waals surface area contributed by atoms with Crippen LogP contribution in [0.1, 0.15) is 37.8 Å². The van der Waals surface area contributed by atoms with Crippen molar-refractivity contribution in [2.75, 3.05) is 26.2 Å². The third-order valence-corrected chi connectivity index (χ3v) is 5.78. The minimum Gasteiger partial charge on any atom is -0.465 e. The Morgan fingerprint density at radius 2 is 2.30 bits per heavy atom. The average molecular weight is 415 g/mol. The number of rotatable bonds is 8. The number of aryl methyl sites for hydroxylation is 1. The van der Waals surface area contributed by atoms with Crippen LogP contribution in [0.15, 0.2) is 24.5 Å². The highest BCUT2D eigenvalue weighted by molar-refractivity contribution is 5.85. The monoisotopic (exact) mass is 415 g/mol. The van der Waals surface area contributed by atoms with Gasteiger partial charge in [0, 0.05) is 55.6 Å². The summed E-state index contributed by atoms with van der Waals surface area (Å²) in [5.41, 5.74) is 1.92. The number of pyridine rings is 1. The molecule has 162 valence electrons. The highest BCUT2D eigenvalue weighted by Gasteiger charge is 2.40. The summed E-state index contributed by atoms with van der Waals surface area (Å²) in [6.45, 7) is 4.98. The van der Waals surface area contributed by atoms with Gasteiger partial charge in [0.25, 0.3) is 5.91 Å². The van der Waals surface area contributed by atoms with Gasteiger partial charge in [0.1, 0.15) is 11.8 Å². The highest BCUT2D eigenvalue weighted by Crippen LogP contribution is 2.37. The van der Waals surface area contributed by atoms with E-state index >= 15 is 0 Å². The molecular weight excluding hydrogens is 386 g/mol. The lowest BCUT2D eigenvalue weighted by Crippen LogP contribution is -2.50. The predicted octanol–water partition coefficient (Wildman–Crippen LogP) is 1.73. The summed E-state index contributed by atoms with van der Waals surface area (Å²) < 4.78 is 7.79. The molecule has 1 aliphatic carbocycles. The zero-order chi connectivity index (χ0) is 21.1. The van der Waals surface area contributed by atoms with Crippen LogP contribution in [0.5, 0.6) is 0 Å². The fourth-order valence-electron chi connectivity index (χ4n) is 4.18. The lowest BCUT2D eigenvalue weighted by Gasteiger charge is -2.34. The molecule has 3 heterocycles. The van der Waals surface area contributed by atoms with E-state index < -0.39 is 12.2 Å². The van der Waals surface area contributed by atoms with Gasteiger partial charge in [-0.15, -0.1) is 0 Å². The molecule has 0 aromatic carbocycles. The second kappa shape index (κ2) is 9.01. The third kappa shape index (κ3) is 4.41. The fourth-order valence-corrected chi connectivity index (χ4v) is 4.18. The van der Waals surface area contributed by atoms with Gasteiger partial charge in [0.2, 0.25) is 0 Å². The molecule has 2 aliphatic rings. The Morgan fingerprint density at radius 1 is 1.47 bits per heavy atom. The number of hydrogen-bond acceptors (Lipinski definition) is 5. The molecule has 0 unspecified atom stereocenters. The molecule has 2 atom stereocenters. The van der Waals surface area contributed by atoms with Crippen LogP contribution in [0, 0.1) is 0 Å². The Labute approximate surface area is 175 Å². The molecule has 9 heteroatoms. The molecule has 2 aromatic heterocycles. The van der Waals surface area contributed by atoms with E-state index in [2.05, 4.69) is 33.3 Å². The van der Waals surface area contributed by atoms with Crippen LogP contribution in [0.4, 0.5) is 4.79 Å². The van der Waals surface area contributed by atoms with Crippen LogP contribution in [0.25, 0.3) is 11.0 Å². The third-order valence-electron chi connectivity index (χ3n) is 5.78. The topological polar surface area (TPSA) is 109 Å². The van der Waals surface area contributed by atoms with E-state index in [1.807, 2.05) is 17.0 Å². The van der Waals surface area contributed by atoms with Crippen molar-refractivity contribution >= 4 is 23.0 Å². The first-order valence-corrected chi connectivity index (χ1v) is 10.6. The predicted molar refractivity (Wildman–Crippen MR) is 111 cm³/mol. The molecule has 30 heavy (non-hydrogen) atoms. The number of ether oxygens (including phenoxy) is 1. The summed E-state index contributed by atoms with van der Waals surface area (Å²) in [4.78, 5) is 30.5. The van der Waals surface area contributed by atoms with Gasteiger partial charge >= 0.3 is 6.09 Å². The molecule has 0 bridgehead atoms. The average Bonchev–Trinajstić information content (AvgIpc) is 3.52. The molecule has 3 N–H and O–H groups in total. The minimum absolute atomic E-state index is 0.0487.